The Morgan fingerprint density at radius 3 is 2.78 bits per heavy atom. The summed E-state index contributed by atoms with van der Waals surface area (Å²) in [6.07, 6.45) is 3.88. The summed E-state index contributed by atoms with van der Waals surface area (Å²) in [6, 6.07) is 4.16. The van der Waals surface area contributed by atoms with Crippen LogP contribution < -0.4 is 5.63 Å². The van der Waals surface area contributed by atoms with Gasteiger partial charge in [-0.1, -0.05) is 13.3 Å². The Balaban J connectivity index is 0.000000223. The van der Waals surface area contributed by atoms with Crippen molar-refractivity contribution >= 4 is 39.3 Å². The molecule has 7 nitrogen and oxygen atoms in total. The summed E-state index contributed by atoms with van der Waals surface area (Å²) < 4.78 is 14.9. The fourth-order valence-electron chi connectivity index (χ4n) is 2.77. The number of phenolic OH excluding ortho intramolecular Hbond substituents is 1. The Bertz CT molecular complexity index is 859. The predicted octanol–water partition coefficient (Wildman–Crippen LogP) is 3.67. The van der Waals surface area contributed by atoms with Gasteiger partial charge in [0.15, 0.2) is 0 Å². The number of carbonyl (C=O) groups excluding carboxylic acids is 2. The maximum absolute atomic E-state index is 11.3. The topological polar surface area (TPSA) is 103 Å². The summed E-state index contributed by atoms with van der Waals surface area (Å²) in [4.78, 5) is 32.1. The summed E-state index contributed by atoms with van der Waals surface area (Å²) >= 11 is 3.16. The molecule has 1 aliphatic rings. The van der Waals surface area contributed by atoms with Crippen molar-refractivity contribution in [2.75, 3.05) is 6.61 Å². The van der Waals surface area contributed by atoms with E-state index >= 15 is 0 Å². The lowest BCUT2D eigenvalue weighted by Gasteiger charge is -2.06. The van der Waals surface area contributed by atoms with Gasteiger partial charge in [-0.25, -0.2) is 4.79 Å². The van der Waals surface area contributed by atoms with Crippen molar-refractivity contribution in [3.05, 3.63) is 38.7 Å². The van der Waals surface area contributed by atoms with Gasteiger partial charge in [0, 0.05) is 29.5 Å². The number of aromatic hydroxyl groups is 1. The maximum atomic E-state index is 11.3. The Kier molecular flexibility index (Phi) is 7.84. The molecule has 1 unspecified atom stereocenters. The SMILES string of the molecule is CCC1CCOC(=O)CC1.O=COCc1cc(=O)oc2cc(O)c(Br)cc12. The molecule has 1 aromatic heterocycles. The summed E-state index contributed by atoms with van der Waals surface area (Å²) in [5.74, 6) is 0.663. The van der Waals surface area contributed by atoms with Crippen LogP contribution in [0.4, 0.5) is 0 Å². The molecule has 0 saturated carbocycles. The van der Waals surface area contributed by atoms with Gasteiger partial charge >= 0.3 is 11.6 Å². The number of esters is 1. The van der Waals surface area contributed by atoms with Crippen LogP contribution in [0.3, 0.4) is 0 Å². The predicted molar refractivity (Wildman–Crippen MR) is 101 cm³/mol. The Hall–Kier alpha value is -2.35. The standard InChI is InChI=1S/C11H7BrO5.C8H14O2/c12-8-2-7-6(4-16-5-13)1-11(15)17-10(7)3-9(8)14;1-2-7-3-4-8(9)10-6-5-7/h1-3,5,14H,4H2;7H,2-6H2,1H3. The summed E-state index contributed by atoms with van der Waals surface area (Å²) in [5.41, 5.74) is 0.190. The third-order valence-corrected chi connectivity index (χ3v) is 4.96. The third kappa shape index (κ3) is 6.09. The van der Waals surface area contributed by atoms with Crippen LogP contribution in [0, 0.1) is 5.92 Å². The largest absolute Gasteiger partial charge is 0.507 e. The van der Waals surface area contributed by atoms with Gasteiger partial charge < -0.3 is 19.0 Å². The first kappa shape index (κ1) is 21.0. The molecule has 1 aromatic carbocycles. The smallest absolute Gasteiger partial charge is 0.336 e. The van der Waals surface area contributed by atoms with Crippen LogP contribution in [-0.4, -0.2) is 24.2 Å². The molecule has 8 heteroatoms. The Labute approximate surface area is 164 Å². The second kappa shape index (κ2) is 10.1. The zero-order valence-corrected chi connectivity index (χ0v) is 16.5. The van der Waals surface area contributed by atoms with Gasteiger partial charge in [0.2, 0.25) is 0 Å². The number of phenols is 1. The lowest BCUT2D eigenvalue weighted by atomic mass is 9.98. The number of halogens is 1. The van der Waals surface area contributed by atoms with Crippen molar-refractivity contribution in [1.29, 1.82) is 0 Å². The fraction of sp³-hybridized carbons (Fsp3) is 0.421. The van der Waals surface area contributed by atoms with Crippen LogP contribution in [0.1, 0.15) is 38.2 Å². The first-order valence-corrected chi connectivity index (χ1v) is 9.40. The fourth-order valence-corrected chi connectivity index (χ4v) is 3.11. The summed E-state index contributed by atoms with van der Waals surface area (Å²) in [7, 11) is 0. The van der Waals surface area contributed by atoms with Gasteiger partial charge in [0.1, 0.15) is 17.9 Å². The van der Waals surface area contributed by atoms with Crippen molar-refractivity contribution in [3.8, 4) is 5.75 Å². The Morgan fingerprint density at radius 2 is 2.07 bits per heavy atom. The number of fused-ring (bicyclic) bond motifs is 1. The van der Waals surface area contributed by atoms with Gasteiger partial charge in [-0.15, -0.1) is 0 Å². The van der Waals surface area contributed by atoms with E-state index in [1.807, 2.05) is 0 Å². The van der Waals surface area contributed by atoms with E-state index in [9.17, 15) is 19.5 Å². The zero-order chi connectivity index (χ0) is 19.8. The van der Waals surface area contributed by atoms with Crippen molar-refractivity contribution in [2.45, 2.75) is 39.2 Å². The van der Waals surface area contributed by atoms with E-state index in [0.717, 1.165) is 12.8 Å². The van der Waals surface area contributed by atoms with Gasteiger partial charge in [-0.3, -0.25) is 9.59 Å². The highest BCUT2D eigenvalue weighted by molar-refractivity contribution is 9.10. The van der Waals surface area contributed by atoms with E-state index in [0.29, 0.717) is 40.8 Å². The number of ether oxygens (including phenoxy) is 2. The number of hydrogen-bond donors (Lipinski definition) is 1. The van der Waals surface area contributed by atoms with Crippen LogP contribution in [-0.2, 0) is 25.7 Å². The minimum absolute atomic E-state index is 0.0176. The molecule has 1 N–H and O–H groups in total. The normalized spacial score (nSPS) is 16.7. The molecule has 27 heavy (non-hydrogen) atoms. The molecular formula is C19H21BrO7. The van der Waals surface area contributed by atoms with Crippen LogP contribution in [0.2, 0.25) is 0 Å². The van der Waals surface area contributed by atoms with E-state index in [4.69, 9.17) is 9.15 Å². The van der Waals surface area contributed by atoms with E-state index in [1.54, 1.807) is 6.07 Å². The number of benzene rings is 1. The van der Waals surface area contributed by atoms with E-state index in [1.165, 1.54) is 18.6 Å². The van der Waals surface area contributed by atoms with Gasteiger partial charge in [-0.2, -0.15) is 0 Å². The molecule has 146 valence electrons. The van der Waals surface area contributed by atoms with E-state index in [2.05, 4.69) is 27.6 Å². The van der Waals surface area contributed by atoms with E-state index in [-0.39, 0.29) is 23.9 Å². The minimum atomic E-state index is -0.566. The van der Waals surface area contributed by atoms with Gasteiger partial charge in [0.25, 0.3) is 6.47 Å². The first-order chi connectivity index (χ1) is 12.9. The van der Waals surface area contributed by atoms with Crippen molar-refractivity contribution in [2.24, 2.45) is 5.92 Å². The number of cyclic esters (lactones) is 1. The Morgan fingerprint density at radius 1 is 1.30 bits per heavy atom. The van der Waals surface area contributed by atoms with E-state index < -0.39 is 5.63 Å². The van der Waals surface area contributed by atoms with Crippen LogP contribution in [0.5, 0.6) is 5.75 Å². The van der Waals surface area contributed by atoms with Gasteiger partial charge in [-0.05, 0) is 40.8 Å². The number of hydrogen-bond acceptors (Lipinski definition) is 7. The molecule has 0 bridgehead atoms. The molecular weight excluding hydrogens is 420 g/mol. The molecule has 1 fully saturated rings. The number of carbonyl (C=O) groups is 2. The average molecular weight is 441 g/mol. The summed E-state index contributed by atoms with van der Waals surface area (Å²) in [5, 5.41) is 10.1. The second-order valence-corrected chi connectivity index (χ2v) is 6.97. The lowest BCUT2D eigenvalue weighted by Crippen LogP contribution is -2.02. The molecule has 2 heterocycles. The molecule has 1 aliphatic heterocycles. The van der Waals surface area contributed by atoms with Crippen LogP contribution in [0.15, 0.2) is 31.9 Å². The molecule has 0 amide bonds. The quantitative estimate of drug-likeness (QED) is 0.439. The molecule has 0 spiro atoms. The van der Waals surface area contributed by atoms with Crippen molar-refractivity contribution in [1.82, 2.24) is 0 Å². The monoisotopic (exact) mass is 440 g/mol. The molecule has 1 saturated heterocycles. The highest BCUT2D eigenvalue weighted by atomic mass is 79.9. The molecule has 0 aliphatic carbocycles. The lowest BCUT2D eigenvalue weighted by molar-refractivity contribution is -0.142. The van der Waals surface area contributed by atoms with Crippen LogP contribution >= 0.6 is 15.9 Å². The molecule has 0 radical (unpaired) electrons. The molecule has 2 aromatic rings. The number of rotatable bonds is 4. The third-order valence-electron chi connectivity index (χ3n) is 4.33. The molecule has 1 atom stereocenters. The van der Waals surface area contributed by atoms with Crippen molar-refractivity contribution in [3.63, 3.8) is 0 Å². The van der Waals surface area contributed by atoms with Gasteiger partial charge in [0.05, 0.1) is 11.1 Å². The summed E-state index contributed by atoms with van der Waals surface area (Å²) in [6.45, 7) is 3.08. The maximum Gasteiger partial charge on any atom is 0.336 e. The highest BCUT2D eigenvalue weighted by Gasteiger charge is 2.15. The van der Waals surface area contributed by atoms with Crippen LogP contribution in [0.25, 0.3) is 11.0 Å². The minimum Gasteiger partial charge on any atom is -0.507 e. The van der Waals surface area contributed by atoms with Crippen molar-refractivity contribution < 1.29 is 28.6 Å². The second-order valence-electron chi connectivity index (χ2n) is 6.12. The first-order valence-electron chi connectivity index (χ1n) is 8.60. The average Bonchev–Trinajstić information content (AvgIpc) is 2.86. The molecule has 3 rings (SSSR count). The zero-order valence-electron chi connectivity index (χ0n) is 14.9. The highest BCUT2D eigenvalue weighted by Crippen LogP contribution is 2.30.